The Morgan fingerprint density at radius 3 is 2.40 bits per heavy atom. The molecule has 0 aromatic heterocycles. The lowest BCUT2D eigenvalue weighted by Crippen LogP contribution is -2.40. The van der Waals surface area contributed by atoms with Crippen molar-refractivity contribution in [2.24, 2.45) is 0 Å². The molecule has 0 aliphatic heterocycles. The summed E-state index contributed by atoms with van der Waals surface area (Å²) >= 11 is 0. The highest BCUT2D eigenvalue weighted by atomic mass is 16.5. The van der Waals surface area contributed by atoms with Crippen molar-refractivity contribution in [3.05, 3.63) is 66.2 Å². The van der Waals surface area contributed by atoms with Crippen LogP contribution in [0.4, 0.5) is 5.69 Å². The molecule has 6 nitrogen and oxygen atoms in total. The number of carboxylic acid groups (broad SMARTS) is 1. The molecule has 0 saturated carbocycles. The Bertz CT molecular complexity index is 863. The fourth-order valence-electron chi connectivity index (χ4n) is 3.41. The zero-order valence-corrected chi connectivity index (χ0v) is 17.0. The topological polar surface area (TPSA) is 87.7 Å². The minimum Gasteiger partial charge on any atom is -0.480 e. The summed E-state index contributed by atoms with van der Waals surface area (Å²) in [5.41, 5.74) is 1.97. The molecule has 0 unspecified atom stereocenters. The van der Waals surface area contributed by atoms with Crippen molar-refractivity contribution < 1.29 is 19.4 Å². The van der Waals surface area contributed by atoms with Crippen molar-refractivity contribution in [3.63, 3.8) is 0 Å². The summed E-state index contributed by atoms with van der Waals surface area (Å²) in [6.45, 7) is 0.557. The van der Waals surface area contributed by atoms with Crippen LogP contribution in [0.2, 0.25) is 0 Å². The third-order valence-electron chi connectivity index (χ3n) is 5.03. The van der Waals surface area contributed by atoms with E-state index < -0.39 is 12.0 Å². The molecule has 1 aliphatic carbocycles. The van der Waals surface area contributed by atoms with Gasteiger partial charge in [-0.3, -0.25) is 9.59 Å². The summed E-state index contributed by atoms with van der Waals surface area (Å²) < 4.78 is 5.72. The van der Waals surface area contributed by atoms with E-state index in [2.05, 4.69) is 16.7 Å². The summed E-state index contributed by atoms with van der Waals surface area (Å²) in [5, 5.41) is 15.2. The summed E-state index contributed by atoms with van der Waals surface area (Å²) in [4.78, 5) is 23.8. The van der Waals surface area contributed by atoms with Crippen LogP contribution in [0.3, 0.4) is 0 Å². The summed E-state index contributed by atoms with van der Waals surface area (Å²) in [7, 11) is 0. The van der Waals surface area contributed by atoms with Crippen LogP contribution in [-0.4, -0.2) is 29.6 Å². The molecule has 0 radical (unpaired) electrons. The zero-order valence-electron chi connectivity index (χ0n) is 17.0. The number of allylic oxidation sites excluding steroid dienone is 1. The molecular weight excluding hydrogens is 380 g/mol. The second kappa shape index (κ2) is 11.2. The van der Waals surface area contributed by atoms with Gasteiger partial charge in [0.1, 0.15) is 17.5 Å². The van der Waals surface area contributed by atoms with Gasteiger partial charge in [0, 0.05) is 5.69 Å². The Kier molecular flexibility index (Phi) is 8.03. The fraction of sp³-hybridized carbons (Fsp3) is 0.333. The first kappa shape index (κ1) is 21.6. The molecule has 0 saturated heterocycles. The Balaban J connectivity index is 1.46. The predicted octanol–water partition coefficient (Wildman–Crippen LogP) is 4.74. The molecule has 30 heavy (non-hydrogen) atoms. The van der Waals surface area contributed by atoms with Crippen LogP contribution in [0.1, 0.15) is 38.5 Å². The second-order valence-electron chi connectivity index (χ2n) is 7.39. The molecule has 2 aromatic rings. The number of hydrogen-bond acceptors (Lipinski definition) is 4. The quantitative estimate of drug-likeness (QED) is 0.494. The highest BCUT2D eigenvalue weighted by Crippen LogP contribution is 2.23. The van der Waals surface area contributed by atoms with E-state index in [0.717, 1.165) is 25.0 Å². The molecule has 0 spiro atoms. The van der Waals surface area contributed by atoms with E-state index in [1.165, 1.54) is 18.4 Å². The molecule has 6 heteroatoms. The average Bonchev–Trinajstić information content (AvgIpc) is 2.76. The number of aliphatic carboxylic acids is 1. The molecule has 1 aliphatic rings. The zero-order chi connectivity index (χ0) is 21.2. The number of carbonyl (C=O) groups is 2. The number of para-hydroxylation sites is 1. The maximum atomic E-state index is 12.3. The van der Waals surface area contributed by atoms with Gasteiger partial charge in [-0.25, -0.2) is 0 Å². The Hall–Kier alpha value is -3.12. The van der Waals surface area contributed by atoms with Gasteiger partial charge >= 0.3 is 5.97 Å². The molecule has 0 bridgehead atoms. The summed E-state index contributed by atoms with van der Waals surface area (Å²) in [6, 6.07) is 15.5. The van der Waals surface area contributed by atoms with Crippen molar-refractivity contribution >= 4 is 17.6 Å². The summed E-state index contributed by atoms with van der Waals surface area (Å²) in [6.07, 6.45) is 7.57. The van der Waals surface area contributed by atoms with Gasteiger partial charge in [0.05, 0.1) is 6.42 Å². The highest BCUT2D eigenvalue weighted by molar-refractivity contribution is 5.94. The summed E-state index contributed by atoms with van der Waals surface area (Å²) in [5.74, 6) is 0.0211. The molecule has 3 N–H and O–H groups in total. The van der Waals surface area contributed by atoms with Gasteiger partial charge in [0.25, 0.3) is 0 Å². The number of rotatable bonds is 10. The standard InChI is InChI=1S/C24H28N2O4/c27-23(17-22(24(28)29)25-16-15-18-7-3-1-4-8-18)26-19-11-13-21(14-12-19)30-20-9-5-2-6-10-20/h2,5-7,9-14,22,25H,1,3-4,8,15-17H2,(H,26,27)(H,28,29)/t22-/m0/s1. The minimum atomic E-state index is -1.02. The fourth-order valence-corrected chi connectivity index (χ4v) is 3.41. The van der Waals surface area contributed by atoms with E-state index in [-0.39, 0.29) is 12.3 Å². The van der Waals surface area contributed by atoms with E-state index in [9.17, 15) is 14.7 Å². The molecule has 0 heterocycles. The van der Waals surface area contributed by atoms with Crippen LogP contribution in [0.5, 0.6) is 11.5 Å². The molecule has 2 aromatic carbocycles. The largest absolute Gasteiger partial charge is 0.480 e. The van der Waals surface area contributed by atoms with E-state index in [1.54, 1.807) is 24.3 Å². The lowest BCUT2D eigenvalue weighted by molar-refractivity contribution is -0.141. The smallest absolute Gasteiger partial charge is 0.321 e. The lowest BCUT2D eigenvalue weighted by atomic mass is 9.97. The van der Waals surface area contributed by atoms with Gasteiger partial charge in [-0.1, -0.05) is 29.8 Å². The van der Waals surface area contributed by atoms with Gasteiger partial charge < -0.3 is 20.5 Å². The van der Waals surface area contributed by atoms with Crippen molar-refractivity contribution in [1.82, 2.24) is 5.32 Å². The number of carboxylic acids is 1. The molecule has 1 amide bonds. The molecule has 3 rings (SSSR count). The highest BCUT2D eigenvalue weighted by Gasteiger charge is 2.21. The number of amides is 1. The average molecular weight is 408 g/mol. The van der Waals surface area contributed by atoms with Crippen molar-refractivity contribution in [3.8, 4) is 11.5 Å². The Morgan fingerprint density at radius 2 is 1.73 bits per heavy atom. The monoisotopic (exact) mass is 408 g/mol. The SMILES string of the molecule is O=C(C[C@H](NCCC1=CCCCC1)C(=O)O)Nc1ccc(Oc2ccccc2)cc1. The number of hydrogen-bond donors (Lipinski definition) is 3. The molecular formula is C24H28N2O4. The van der Waals surface area contributed by atoms with Gasteiger partial charge in [-0.05, 0) is 75.0 Å². The lowest BCUT2D eigenvalue weighted by Gasteiger charge is -2.17. The molecule has 1 atom stereocenters. The maximum Gasteiger partial charge on any atom is 0.321 e. The van der Waals surface area contributed by atoms with Crippen LogP contribution in [-0.2, 0) is 9.59 Å². The van der Waals surface area contributed by atoms with E-state index in [0.29, 0.717) is 18.0 Å². The van der Waals surface area contributed by atoms with Gasteiger partial charge in [0.2, 0.25) is 5.91 Å². The van der Waals surface area contributed by atoms with E-state index >= 15 is 0 Å². The van der Waals surface area contributed by atoms with Crippen LogP contribution in [0, 0.1) is 0 Å². The van der Waals surface area contributed by atoms with E-state index in [4.69, 9.17) is 4.74 Å². The van der Waals surface area contributed by atoms with Gasteiger partial charge in [-0.15, -0.1) is 0 Å². The normalized spacial score (nSPS) is 14.5. The van der Waals surface area contributed by atoms with Crippen molar-refractivity contribution in [2.75, 3.05) is 11.9 Å². The van der Waals surface area contributed by atoms with Crippen LogP contribution in [0.25, 0.3) is 0 Å². The second-order valence-corrected chi connectivity index (χ2v) is 7.39. The maximum absolute atomic E-state index is 12.3. The van der Waals surface area contributed by atoms with Gasteiger partial charge in [0.15, 0.2) is 0 Å². The van der Waals surface area contributed by atoms with Crippen molar-refractivity contribution in [1.29, 1.82) is 0 Å². The van der Waals surface area contributed by atoms with Crippen LogP contribution < -0.4 is 15.4 Å². The predicted molar refractivity (Wildman–Crippen MR) is 117 cm³/mol. The number of ether oxygens (including phenoxy) is 1. The first-order valence-corrected chi connectivity index (χ1v) is 10.4. The van der Waals surface area contributed by atoms with Crippen LogP contribution >= 0.6 is 0 Å². The number of benzene rings is 2. The Labute approximate surface area is 177 Å². The number of nitrogens with one attached hydrogen (secondary N) is 2. The minimum absolute atomic E-state index is 0.128. The first-order valence-electron chi connectivity index (χ1n) is 10.4. The third kappa shape index (κ3) is 7.04. The molecule has 0 fully saturated rings. The van der Waals surface area contributed by atoms with E-state index in [1.807, 2.05) is 30.3 Å². The number of carbonyl (C=O) groups excluding carboxylic acids is 1. The number of anilines is 1. The van der Waals surface area contributed by atoms with Crippen molar-refractivity contribution in [2.45, 2.75) is 44.6 Å². The van der Waals surface area contributed by atoms with Gasteiger partial charge in [-0.2, -0.15) is 0 Å². The Morgan fingerprint density at radius 1 is 1.00 bits per heavy atom. The molecule has 158 valence electrons. The van der Waals surface area contributed by atoms with Crippen LogP contribution in [0.15, 0.2) is 66.2 Å². The third-order valence-corrected chi connectivity index (χ3v) is 5.03. The first-order chi connectivity index (χ1) is 14.6.